The third-order valence-electron chi connectivity index (χ3n) is 4.05. The van der Waals surface area contributed by atoms with E-state index in [0.717, 1.165) is 18.5 Å². The molecule has 0 aliphatic carbocycles. The molecule has 1 aromatic carbocycles. The minimum Gasteiger partial charge on any atom is -0.493 e. The van der Waals surface area contributed by atoms with Gasteiger partial charge >= 0.3 is 0 Å². The zero-order valence-corrected chi connectivity index (χ0v) is 13.9. The van der Waals surface area contributed by atoms with Gasteiger partial charge in [0.2, 0.25) is 0 Å². The van der Waals surface area contributed by atoms with Gasteiger partial charge in [-0.3, -0.25) is 4.79 Å². The number of aromatic nitrogens is 2. The topological polar surface area (TPSA) is 64.6 Å². The second-order valence-electron chi connectivity index (χ2n) is 5.84. The molecule has 126 valence electrons. The van der Waals surface area contributed by atoms with Gasteiger partial charge in [-0.2, -0.15) is 5.10 Å². The molecule has 0 bridgehead atoms. The van der Waals surface area contributed by atoms with Crippen molar-refractivity contribution in [2.45, 2.75) is 25.9 Å². The molecule has 0 radical (unpaired) electrons. The highest BCUT2D eigenvalue weighted by atomic mass is 16.5. The number of methoxy groups -OCH3 is 1. The quantitative estimate of drug-likeness (QED) is 0.863. The fourth-order valence-electron chi connectivity index (χ4n) is 2.79. The molecular formula is C18H21N3O3. The monoisotopic (exact) mass is 327 g/mol. The summed E-state index contributed by atoms with van der Waals surface area (Å²) in [6.07, 6.45) is 1.74. The molecule has 2 heterocycles. The van der Waals surface area contributed by atoms with Crippen molar-refractivity contribution in [1.82, 2.24) is 15.1 Å². The van der Waals surface area contributed by atoms with Crippen molar-refractivity contribution >= 4 is 5.91 Å². The van der Waals surface area contributed by atoms with E-state index in [0.29, 0.717) is 30.3 Å². The van der Waals surface area contributed by atoms with Crippen molar-refractivity contribution in [3.05, 3.63) is 47.8 Å². The molecule has 2 aromatic rings. The smallest absolute Gasteiger partial charge is 0.274 e. The van der Waals surface area contributed by atoms with Crippen LogP contribution in [-0.2, 0) is 0 Å². The maximum absolute atomic E-state index is 12.6. The molecule has 1 amide bonds. The molecule has 0 unspecified atom stereocenters. The highest BCUT2D eigenvalue weighted by molar-refractivity contribution is 5.92. The zero-order chi connectivity index (χ0) is 16.9. The second kappa shape index (κ2) is 7.29. The zero-order valence-electron chi connectivity index (χ0n) is 13.9. The van der Waals surface area contributed by atoms with Gasteiger partial charge < -0.3 is 14.4 Å². The van der Waals surface area contributed by atoms with Gasteiger partial charge in [0.1, 0.15) is 6.10 Å². The largest absolute Gasteiger partial charge is 0.493 e. The van der Waals surface area contributed by atoms with E-state index in [4.69, 9.17) is 9.47 Å². The highest BCUT2D eigenvalue weighted by Crippen LogP contribution is 2.28. The standard InChI is InChI=1S/C18H21N3O3/c1-13-9-10-15(20-19-13)18(22)21-11-5-6-14(12-21)24-17-8-4-3-7-16(17)23-2/h3-4,7-10,14H,5-6,11-12H2,1-2H3/t14-/m0/s1. The fraction of sp³-hybridized carbons (Fsp3) is 0.389. The molecule has 0 saturated carbocycles. The van der Waals surface area contributed by atoms with Gasteiger partial charge in [-0.05, 0) is 44.0 Å². The molecule has 1 atom stereocenters. The number of benzene rings is 1. The van der Waals surface area contributed by atoms with E-state index in [-0.39, 0.29) is 12.0 Å². The first kappa shape index (κ1) is 16.2. The van der Waals surface area contributed by atoms with Crippen LogP contribution in [0.3, 0.4) is 0 Å². The van der Waals surface area contributed by atoms with Crippen molar-refractivity contribution in [2.24, 2.45) is 0 Å². The summed E-state index contributed by atoms with van der Waals surface area (Å²) in [4.78, 5) is 14.4. The van der Waals surface area contributed by atoms with E-state index in [1.54, 1.807) is 24.1 Å². The summed E-state index contributed by atoms with van der Waals surface area (Å²) in [7, 11) is 1.62. The average Bonchev–Trinajstić information content (AvgIpc) is 2.62. The molecular weight excluding hydrogens is 306 g/mol. The summed E-state index contributed by atoms with van der Waals surface area (Å²) in [6, 6.07) is 11.1. The maximum atomic E-state index is 12.6. The van der Waals surface area contributed by atoms with Crippen LogP contribution >= 0.6 is 0 Å². The lowest BCUT2D eigenvalue weighted by atomic mass is 10.1. The van der Waals surface area contributed by atoms with Crippen LogP contribution in [0, 0.1) is 6.92 Å². The fourth-order valence-corrected chi connectivity index (χ4v) is 2.79. The van der Waals surface area contributed by atoms with E-state index in [2.05, 4.69) is 10.2 Å². The Bertz CT molecular complexity index is 703. The number of aryl methyl sites for hydroxylation is 1. The van der Waals surface area contributed by atoms with Gasteiger partial charge in [0.25, 0.3) is 5.91 Å². The second-order valence-corrected chi connectivity index (χ2v) is 5.84. The minimum absolute atomic E-state index is 0.0580. The van der Waals surface area contributed by atoms with Gasteiger partial charge in [0.15, 0.2) is 17.2 Å². The number of amides is 1. The Morgan fingerprint density at radius 1 is 1.17 bits per heavy atom. The maximum Gasteiger partial charge on any atom is 0.274 e. The van der Waals surface area contributed by atoms with Crippen LogP contribution in [0.25, 0.3) is 0 Å². The lowest BCUT2D eigenvalue weighted by Gasteiger charge is -2.32. The van der Waals surface area contributed by atoms with Crippen LogP contribution < -0.4 is 9.47 Å². The van der Waals surface area contributed by atoms with Crippen molar-refractivity contribution in [2.75, 3.05) is 20.2 Å². The van der Waals surface area contributed by atoms with E-state index in [1.807, 2.05) is 31.2 Å². The van der Waals surface area contributed by atoms with Gasteiger partial charge in [-0.25, -0.2) is 0 Å². The molecule has 6 heteroatoms. The number of para-hydroxylation sites is 2. The Morgan fingerprint density at radius 2 is 1.96 bits per heavy atom. The van der Waals surface area contributed by atoms with Gasteiger partial charge in [0, 0.05) is 6.54 Å². The Morgan fingerprint density at radius 3 is 2.67 bits per heavy atom. The number of piperidine rings is 1. The molecule has 1 fully saturated rings. The molecule has 1 aliphatic rings. The Kier molecular flexibility index (Phi) is 4.93. The van der Waals surface area contributed by atoms with Crippen LogP contribution in [-0.4, -0.2) is 47.3 Å². The first-order valence-electron chi connectivity index (χ1n) is 8.06. The molecule has 0 N–H and O–H groups in total. The van der Waals surface area contributed by atoms with Gasteiger partial charge in [-0.15, -0.1) is 5.10 Å². The molecule has 0 spiro atoms. The number of ether oxygens (including phenoxy) is 2. The molecule has 3 rings (SSSR count). The highest BCUT2D eigenvalue weighted by Gasteiger charge is 2.27. The Labute approximate surface area is 141 Å². The number of nitrogens with zero attached hydrogens (tertiary/aromatic N) is 3. The predicted octanol–water partition coefficient (Wildman–Crippen LogP) is 2.48. The average molecular weight is 327 g/mol. The first-order chi connectivity index (χ1) is 11.7. The number of carbonyl (C=O) groups is 1. The number of carbonyl (C=O) groups excluding carboxylic acids is 1. The van der Waals surface area contributed by atoms with Crippen molar-refractivity contribution in [3.63, 3.8) is 0 Å². The normalized spacial score (nSPS) is 17.4. The summed E-state index contributed by atoms with van der Waals surface area (Å²) in [6.45, 7) is 3.09. The lowest BCUT2D eigenvalue weighted by Crippen LogP contribution is -2.44. The van der Waals surface area contributed by atoms with Crippen LogP contribution in [0.5, 0.6) is 11.5 Å². The number of hydrogen-bond acceptors (Lipinski definition) is 5. The summed E-state index contributed by atoms with van der Waals surface area (Å²) >= 11 is 0. The van der Waals surface area contributed by atoms with Crippen molar-refractivity contribution in [3.8, 4) is 11.5 Å². The third kappa shape index (κ3) is 3.64. The van der Waals surface area contributed by atoms with Crippen LogP contribution in [0.15, 0.2) is 36.4 Å². The Hall–Kier alpha value is -2.63. The van der Waals surface area contributed by atoms with Crippen molar-refractivity contribution in [1.29, 1.82) is 0 Å². The SMILES string of the molecule is COc1ccccc1O[C@H]1CCCN(C(=O)c2ccc(C)nn2)C1. The number of likely N-dealkylation sites (tertiary alicyclic amines) is 1. The molecule has 1 aliphatic heterocycles. The summed E-state index contributed by atoms with van der Waals surface area (Å²) in [5.41, 5.74) is 1.17. The first-order valence-corrected chi connectivity index (χ1v) is 8.06. The van der Waals surface area contributed by atoms with E-state index >= 15 is 0 Å². The predicted molar refractivity (Wildman–Crippen MR) is 89.3 cm³/mol. The van der Waals surface area contributed by atoms with E-state index in [1.165, 1.54) is 0 Å². The van der Waals surface area contributed by atoms with Gasteiger partial charge in [0.05, 0.1) is 19.3 Å². The van der Waals surface area contributed by atoms with Crippen LogP contribution in [0.2, 0.25) is 0 Å². The summed E-state index contributed by atoms with van der Waals surface area (Å²) in [5.74, 6) is 1.30. The molecule has 1 saturated heterocycles. The Balaban J connectivity index is 1.68. The van der Waals surface area contributed by atoms with Crippen molar-refractivity contribution < 1.29 is 14.3 Å². The lowest BCUT2D eigenvalue weighted by molar-refractivity contribution is 0.0526. The minimum atomic E-state index is -0.101. The summed E-state index contributed by atoms with van der Waals surface area (Å²) in [5, 5.41) is 7.95. The van der Waals surface area contributed by atoms with Crippen LogP contribution in [0.1, 0.15) is 29.0 Å². The number of hydrogen-bond donors (Lipinski definition) is 0. The molecule has 24 heavy (non-hydrogen) atoms. The third-order valence-corrected chi connectivity index (χ3v) is 4.05. The van der Waals surface area contributed by atoms with E-state index < -0.39 is 0 Å². The molecule has 6 nitrogen and oxygen atoms in total. The summed E-state index contributed by atoms with van der Waals surface area (Å²) < 4.78 is 11.4. The van der Waals surface area contributed by atoms with Gasteiger partial charge in [-0.1, -0.05) is 12.1 Å². The van der Waals surface area contributed by atoms with Crippen LogP contribution in [0.4, 0.5) is 0 Å². The number of rotatable bonds is 4. The van der Waals surface area contributed by atoms with E-state index in [9.17, 15) is 4.79 Å². The molecule has 1 aromatic heterocycles.